The summed E-state index contributed by atoms with van der Waals surface area (Å²) in [6.07, 6.45) is 4.38. The number of rotatable bonds is 2. The van der Waals surface area contributed by atoms with Gasteiger partial charge in [-0.3, -0.25) is 0 Å². The third-order valence-corrected chi connectivity index (χ3v) is 3.24. The van der Waals surface area contributed by atoms with E-state index in [-0.39, 0.29) is 6.10 Å². The molecule has 1 atom stereocenters. The zero-order chi connectivity index (χ0) is 9.14. The van der Waals surface area contributed by atoms with Crippen LogP contribution in [0.1, 0.15) is 32.6 Å². The number of aliphatic hydroxyl groups is 1. The van der Waals surface area contributed by atoms with Gasteiger partial charge in [-0.05, 0) is 52.6 Å². The van der Waals surface area contributed by atoms with Crippen molar-refractivity contribution in [2.75, 3.05) is 14.1 Å². The molecule has 2 heteroatoms. The average Bonchev–Trinajstić information content (AvgIpc) is 2.04. The number of hydrogen-bond donors (Lipinski definition) is 1. The number of aliphatic hydroxyl groups excluding tert-OH is 1. The van der Waals surface area contributed by atoms with Gasteiger partial charge in [0.2, 0.25) is 0 Å². The van der Waals surface area contributed by atoms with E-state index < -0.39 is 0 Å². The Labute approximate surface area is 75.6 Å². The monoisotopic (exact) mass is 171 g/mol. The van der Waals surface area contributed by atoms with Crippen molar-refractivity contribution < 1.29 is 5.11 Å². The highest BCUT2D eigenvalue weighted by Crippen LogP contribution is 2.28. The van der Waals surface area contributed by atoms with E-state index in [2.05, 4.69) is 25.9 Å². The Morgan fingerprint density at radius 3 is 2.08 bits per heavy atom. The molecule has 0 aromatic heterocycles. The fourth-order valence-electron chi connectivity index (χ4n) is 2.01. The zero-order valence-corrected chi connectivity index (χ0v) is 8.45. The summed E-state index contributed by atoms with van der Waals surface area (Å²) in [7, 11) is 4.27. The molecule has 2 nitrogen and oxygen atoms in total. The Bertz CT molecular complexity index is 128. The van der Waals surface area contributed by atoms with Crippen LogP contribution < -0.4 is 0 Å². The Kier molecular flexibility index (Phi) is 3.53. The smallest absolute Gasteiger partial charge is 0.0540 e. The van der Waals surface area contributed by atoms with Gasteiger partial charge in [0.25, 0.3) is 0 Å². The lowest BCUT2D eigenvalue weighted by atomic mass is 9.83. The maximum atomic E-state index is 9.33. The third-order valence-electron chi connectivity index (χ3n) is 3.24. The van der Waals surface area contributed by atoms with E-state index in [4.69, 9.17) is 0 Å². The van der Waals surface area contributed by atoms with Crippen LogP contribution in [0.15, 0.2) is 0 Å². The van der Waals surface area contributed by atoms with Crippen LogP contribution in [-0.4, -0.2) is 36.2 Å². The summed E-state index contributed by atoms with van der Waals surface area (Å²) < 4.78 is 0. The molecule has 1 saturated carbocycles. The molecule has 0 saturated heterocycles. The maximum absolute atomic E-state index is 9.33. The van der Waals surface area contributed by atoms with Crippen molar-refractivity contribution in [3.05, 3.63) is 0 Å². The molecule has 1 aliphatic rings. The van der Waals surface area contributed by atoms with E-state index in [9.17, 15) is 5.11 Å². The SMILES string of the molecule is CC(C1CCC(O)CC1)N(C)C. The molecule has 72 valence electrons. The Hall–Kier alpha value is -0.0800. The summed E-state index contributed by atoms with van der Waals surface area (Å²) in [6, 6.07) is 0.664. The van der Waals surface area contributed by atoms with Gasteiger partial charge in [-0.2, -0.15) is 0 Å². The Morgan fingerprint density at radius 1 is 1.17 bits per heavy atom. The lowest BCUT2D eigenvalue weighted by molar-refractivity contribution is 0.0827. The van der Waals surface area contributed by atoms with Gasteiger partial charge in [0.1, 0.15) is 0 Å². The highest BCUT2D eigenvalue weighted by molar-refractivity contribution is 4.78. The average molecular weight is 171 g/mol. The van der Waals surface area contributed by atoms with Crippen LogP contribution in [0.5, 0.6) is 0 Å². The van der Waals surface area contributed by atoms with Crippen molar-refractivity contribution in [1.82, 2.24) is 4.90 Å². The molecule has 1 aliphatic carbocycles. The van der Waals surface area contributed by atoms with Crippen LogP contribution in [0, 0.1) is 5.92 Å². The third kappa shape index (κ3) is 2.46. The van der Waals surface area contributed by atoms with Gasteiger partial charge in [0.15, 0.2) is 0 Å². The van der Waals surface area contributed by atoms with E-state index >= 15 is 0 Å². The summed E-state index contributed by atoms with van der Waals surface area (Å²) in [5.74, 6) is 0.795. The molecule has 0 radical (unpaired) electrons. The second-order valence-electron chi connectivity index (χ2n) is 4.27. The summed E-state index contributed by atoms with van der Waals surface area (Å²) >= 11 is 0. The molecule has 1 rings (SSSR count). The second-order valence-corrected chi connectivity index (χ2v) is 4.27. The molecule has 0 amide bonds. The molecule has 1 unspecified atom stereocenters. The summed E-state index contributed by atoms with van der Waals surface area (Å²) in [5.41, 5.74) is 0. The van der Waals surface area contributed by atoms with E-state index in [0.29, 0.717) is 6.04 Å². The minimum atomic E-state index is -0.0180. The van der Waals surface area contributed by atoms with Gasteiger partial charge in [0.05, 0.1) is 6.10 Å². The van der Waals surface area contributed by atoms with E-state index in [1.165, 1.54) is 12.8 Å². The molecule has 0 aliphatic heterocycles. The first-order valence-electron chi connectivity index (χ1n) is 4.95. The first kappa shape index (κ1) is 10.0. The lowest BCUT2D eigenvalue weighted by Gasteiger charge is -2.33. The van der Waals surface area contributed by atoms with Gasteiger partial charge in [-0.1, -0.05) is 0 Å². The number of nitrogens with zero attached hydrogens (tertiary/aromatic N) is 1. The minimum absolute atomic E-state index is 0.0180. The molecular weight excluding hydrogens is 150 g/mol. The molecule has 12 heavy (non-hydrogen) atoms. The molecule has 0 aromatic rings. The van der Waals surface area contributed by atoms with E-state index in [1.807, 2.05) is 0 Å². The molecule has 0 bridgehead atoms. The maximum Gasteiger partial charge on any atom is 0.0540 e. The second kappa shape index (κ2) is 4.24. The van der Waals surface area contributed by atoms with Crippen LogP contribution in [0.25, 0.3) is 0 Å². The molecule has 0 heterocycles. The lowest BCUT2D eigenvalue weighted by Crippen LogP contribution is -2.35. The van der Waals surface area contributed by atoms with Crippen molar-refractivity contribution in [3.63, 3.8) is 0 Å². The molecule has 0 spiro atoms. The van der Waals surface area contributed by atoms with Crippen LogP contribution >= 0.6 is 0 Å². The fourth-order valence-corrected chi connectivity index (χ4v) is 2.01. The molecular formula is C10H21NO. The predicted molar refractivity (Wildman–Crippen MR) is 51.1 cm³/mol. The Morgan fingerprint density at radius 2 is 1.67 bits per heavy atom. The Balaban J connectivity index is 2.34. The highest BCUT2D eigenvalue weighted by Gasteiger charge is 2.24. The van der Waals surface area contributed by atoms with E-state index in [0.717, 1.165) is 18.8 Å². The van der Waals surface area contributed by atoms with Crippen molar-refractivity contribution in [2.24, 2.45) is 5.92 Å². The van der Waals surface area contributed by atoms with Gasteiger partial charge < -0.3 is 10.0 Å². The molecule has 0 aromatic carbocycles. The highest BCUT2D eigenvalue weighted by atomic mass is 16.3. The van der Waals surface area contributed by atoms with Crippen molar-refractivity contribution in [1.29, 1.82) is 0 Å². The first-order chi connectivity index (χ1) is 5.61. The first-order valence-corrected chi connectivity index (χ1v) is 4.95. The van der Waals surface area contributed by atoms with Gasteiger partial charge >= 0.3 is 0 Å². The minimum Gasteiger partial charge on any atom is -0.393 e. The topological polar surface area (TPSA) is 23.5 Å². The van der Waals surface area contributed by atoms with Crippen LogP contribution in [0.2, 0.25) is 0 Å². The normalized spacial score (nSPS) is 33.8. The zero-order valence-electron chi connectivity index (χ0n) is 8.45. The molecule has 1 N–H and O–H groups in total. The fraction of sp³-hybridized carbons (Fsp3) is 1.00. The van der Waals surface area contributed by atoms with Gasteiger partial charge in [-0.15, -0.1) is 0 Å². The standard InChI is InChI=1S/C10H21NO/c1-8(11(2)3)9-4-6-10(12)7-5-9/h8-10,12H,4-7H2,1-3H3. The summed E-state index contributed by atoms with van der Waals surface area (Å²) in [6.45, 7) is 2.28. The van der Waals surface area contributed by atoms with Crippen LogP contribution in [-0.2, 0) is 0 Å². The summed E-state index contributed by atoms with van der Waals surface area (Å²) in [5, 5.41) is 9.33. The summed E-state index contributed by atoms with van der Waals surface area (Å²) in [4.78, 5) is 2.28. The van der Waals surface area contributed by atoms with Crippen LogP contribution in [0.4, 0.5) is 0 Å². The van der Waals surface area contributed by atoms with Gasteiger partial charge in [0, 0.05) is 6.04 Å². The van der Waals surface area contributed by atoms with Crippen molar-refractivity contribution >= 4 is 0 Å². The quantitative estimate of drug-likeness (QED) is 0.680. The van der Waals surface area contributed by atoms with E-state index in [1.54, 1.807) is 0 Å². The van der Waals surface area contributed by atoms with Crippen molar-refractivity contribution in [3.8, 4) is 0 Å². The van der Waals surface area contributed by atoms with Gasteiger partial charge in [-0.25, -0.2) is 0 Å². The number of hydrogen-bond acceptors (Lipinski definition) is 2. The van der Waals surface area contributed by atoms with Crippen molar-refractivity contribution in [2.45, 2.75) is 44.8 Å². The largest absolute Gasteiger partial charge is 0.393 e. The predicted octanol–water partition coefficient (Wildman–Crippen LogP) is 1.49. The van der Waals surface area contributed by atoms with Crippen LogP contribution in [0.3, 0.4) is 0 Å². The molecule has 1 fully saturated rings.